The van der Waals surface area contributed by atoms with Crippen LogP contribution < -0.4 is 5.32 Å². The number of hydrogen-bond acceptors (Lipinski definition) is 2. The Labute approximate surface area is 145 Å². The molecule has 4 bridgehead atoms. The van der Waals surface area contributed by atoms with Crippen molar-refractivity contribution in [3.63, 3.8) is 0 Å². The SMILES string of the molecule is C[C@@H](Sc1ccc(F)cc1F)C(=O)NC12CC3CC(CC(C3)C1)C2. The summed E-state index contributed by atoms with van der Waals surface area (Å²) in [4.78, 5) is 13.0. The Morgan fingerprint density at radius 3 is 2.29 bits per heavy atom. The predicted octanol–water partition coefficient (Wildman–Crippen LogP) is 4.53. The van der Waals surface area contributed by atoms with Gasteiger partial charge in [0.2, 0.25) is 5.91 Å². The Hall–Kier alpha value is -1.10. The van der Waals surface area contributed by atoms with E-state index in [2.05, 4.69) is 5.32 Å². The number of nitrogens with one attached hydrogen (secondary N) is 1. The van der Waals surface area contributed by atoms with E-state index >= 15 is 0 Å². The maximum Gasteiger partial charge on any atom is 0.233 e. The number of halogens is 2. The van der Waals surface area contributed by atoms with Crippen LogP contribution in [0.2, 0.25) is 0 Å². The third-order valence-corrected chi connectivity index (χ3v) is 7.15. The maximum atomic E-state index is 13.8. The van der Waals surface area contributed by atoms with E-state index in [0.29, 0.717) is 4.90 Å². The van der Waals surface area contributed by atoms with Gasteiger partial charge in [0.25, 0.3) is 0 Å². The van der Waals surface area contributed by atoms with Gasteiger partial charge in [-0.1, -0.05) is 0 Å². The van der Waals surface area contributed by atoms with E-state index in [1.54, 1.807) is 6.92 Å². The monoisotopic (exact) mass is 351 g/mol. The first-order valence-corrected chi connectivity index (χ1v) is 9.74. The molecule has 2 nitrogen and oxygen atoms in total. The Morgan fingerprint density at radius 1 is 1.17 bits per heavy atom. The van der Waals surface area contributed by atoms with Crippen molar-refractivity contribution < 1.29 is 13.6 Å². The van der Waals surface area contributed by atoms with Crippen molar-refractivity contribution in [1.82, 2.24) is 5.32 Å². The lowest BCUT2D eigenvalue weighted by atomic mass is 9.53. The zero-order valence-corrected chi connectivity index (χ0v) is 14.7. The van der Waals surface area contributed by atoms with Crippen molar-refractivity contribution in [1.29, 1.82) is 0 Å². The smallest absolute Gasteiger partial charge is 0.233 e. The van der Waals surface area contributed by atoms with Gasteiger partial charge in [-0.05, 0) is 75.3 Å². The summed E-state index contributed by atoms with van der Waals surface area (Å²) in [5.41, 5.74) is -0.0258. The first-order valence-electron chi connectivity index (χ1n) is 8.86. The molecular weight excluding hydrogens is 328 g/mol. The summed E-state index contributed by atoms with van der Waals surface area (Å²) in [5.74, 6) is 1.10. The summed E-state index contributed by atoms with van der Waals surface area (Å²) in [6.07, 6.45) is 7.31. The molecule has 24 heavy (non-hydrogen) atoms. The molecule has 4 fully saturated rings. The van der Waals surface area contributed by atoms with Crippen LogP contribution in [0.15, 0.2) is 23.1 Å². The van der Waals surface area contributed by atoms with Gasteiger partial charge in [-0.2, -0.15) is 0 Å². The molecule has 0 spiro atoms. The summed E-state index contributed by atoms with van der Waals surface area (Å²) in [6, 6.07) is 3.50. The van der Waals surface area contributed by atoms with E-state index in [0.717, 1.165) is 54.8 Å². The minimum atomic E-state index is -0.602. The molecule has 1 atom stereocenters. The van der Waals surface area contributed by atoms with Crippen molar-refractivity contribution in [3.8, 4) is 0 Å². The minimum absolute atomic E-state index is 0.0225. The molecule has 0 aromatic heterocycles. The second-order valence-electron chi connectivity index (χ2n) is 8.02. The second kappa shape index (κ2) is 6.01. The molecule has 0 radical (unpaired) electrons. The number of thioether (sulfide) groups is 1. The van der Waals surface area contributed by atoms with Gasteiger partial charge in [-0.25, -0.2) is 8.78 Å². The Kier molecular flexibility index (Phi) is 4.10. The van der Waals surface area contributed by atoms with Crippen LogP contribution in [0.25, 0.3) is 0 Å². The summed E-state index contributed by atoms with van der Waals surface area (Å²) in [7, 11) is 0. The van der Waals surface area contributed by atoms with E-state index in [4.69, 9.17) is 0 Å². The fourth-order valence-corrected chi connectivity index (χ4v) is 6.31. The summed E-state index contributed by atoms with van der Waals surface area (Å²) < 4.78 is 26.8. The van der Waals surface area contributed by atoms with Crippen LogP contribution in [0.4, 0.5) is 8.78 Å². The molecule has 0 unspecified atom stereocenters. The molecule has 0 aliphatic heterocycles. The molecule has 0 heterocycles. The molecule has 4 saturated carbocycles. The van der Waals surface area contributed by atoms with Gasteiger partial charge in [0.15, 0.2) is 0 Å². The molecule has 5 rings (SSSR count). The van der Waals surface area contributed by atoms with Crippen LogP contribution >= 0.6 is 11.8 Å². The molecule has 0 saturated heterocycles. The van der Waals surface area contributed by atoms with Crippen LogP contribution in [0.5, 0.6) is 0 Å². The van der Waals surface area contributed by atoms with Gasteiger partial charge in [0, 0.05) is 16.5 Å². The Morgan fingerprint density at radius 2 is 1.75 bits per heavy atom. The fourth-order valence-electron chi connectivity index (χ4n) is 5.44. The molecule has 130 valence electrons. The quantitative estimate of drug-likeness (QED) is 0.808. The van der Waals surface area contributed by atoms with Gasteiger partial charge in [0.05, 0.1) is 5.25 Å². The highest BCUT2D eigenvalue weighted by atomic mass is 32.2. The van der Waals surface area contributed by atoms with Crippen molar-refractivity contribution in [2.45, 2.75) is 61.1 Å². The first-order chi connectivity index (χ1) is 11.4. The summed E-state index contributed by atoms with van der Waals surface area (Å²) in [5, 5.41) is 2.93. The molecule has 4 aliphatic rings. The number of hydrogen-bond donors (Lipinski definition) is 1. The fraction of sp³-hybridized carbons (Fsp3) is 0.632. The minimum Gasteiger partial charge on any atom is -0.350 e. The topological polar surface area (TPSA) is 29.1 Å². The number of rotatable bonds is 4. The third kappa shape index (κ3) is 3.07. The Bertz CT molecular complexity index is 627. The molecule has 1 aromatic rings. The normalized spacial score (nSPS) is 35.0. The van der Waals surface area contributed by atoms with E-state index < -0.39 is 16.9 Å². The number of carbonyl (C=O) groups is 1. The summed E-state index contributed by atoms with van der Waals surface area (Å²) >= 11 is 1.16. The lowest BCUT2D eigenvalue weighted by Gasteiger charge is -2.57. The standard InChI is InChI=1S/C19H23F2NOS/c1-11(24-17-3-2-15(20)7-16(17)21)18(23)22-19-8-12-4-13(9-19)6-14(5-12)10-19/h2-3,7,11-14H,4-6,8-10H2,1H3,(H,22,23)/t11-,12?,13?,14?,19?/m1/s1. The average Bonchev–Trinajstić information content (AvgIpc) is 2.48. The van der Waals surface area contributed by atoms with Crippen molar-refractivity contribution in [3.05, 3.63) is 29.8 Å². The third-order valence-electron chi connectivity index (χ3n) is 5.99. The van der Waals surface area contributed by atoms with Gasteiger partial charge in [0.1, 0.15) is 11.6 Å². The molecule has 4 aliphatic carbocycles. The average molecular weight is 351 g/mol. The molecular formula is C19H23F2NOS. The molecule has 1 aromatic carbocycles. The molecule has 1 N–H and O–H groups in total. The van der Waals surface area contributed by atoms with Crippen LogP contribution in [0.3, 0.4) is 0 Å². The number of amides is 1. The lowest BCUT2D eigenvalue weighted by molar-refractivity contribution is -0.126. The van der Waals surface area contributed by atoms with E-state index in [1.807, 2.05) is 0 Å². The van der Waals surface area contributed by atoms with E-state index in [9.17, 15) is 13.6 Å². The highest BCUT2D eigenvalue weighted by molar-refractivity contribution is 8.00. The molecule has 1 amide bonds. The van der Waals surface area contributed by atoms with Crippen LogP contribution in [0.1, 0.15) is 45.4 Å². The van der Waals surface area contributed by atoms with Gasteiger partial charge in [-0.15, -0.1) is 11.8 Å². The largest absolute Gasteiger partial charge is 0.350 e. The predicted molar refractivity (Wildman–Crippen MR) is 90.7 cm³/mol. The maximum absolute atomic E-state index is 13.8. The second-order valence-corrected chi connectivity index (χ2v) is 9.40. The van der Waals surface area contributed by atoms with Crippen LogP contribution in [-0.2, 0) is 4.79 Å². The summed E-state index contributed by atoms with van der Waals surface area (Å²) in [6.45, 7) is 1.79. The van der Waals surface area contributed by atoms with Gasteiger partial charge in [-0.3, -0.25) is 4.79 Å². The lowest BCUT2D eigenvalue weighted by Crippen LogP contribution is -2.60. The van der Waals surface area contributed by atoms with Crippen LogP contribution in [-0.4, -0.2) is 16.7 Å². The zero-order valence-electron chi connectivity index (χ0n) is 13.9. The van der Waals surface area contributed by atoms with Crippen LogP contribution in [0, 0.1) is 29.4 Å². The van der Waals surface area contributed by atoms with Gasteiger partial charge >= 0.3 is 0 Å². The molecule has 5 heteroatoms. The van der Waals surface area contributed by atoms with Crippen molar-refractivity contribution >= 4 is 17.7 Å². The zero-order chi connectivity index (χ0) is 16.9. The van der Waals surface area contributed by atoms with E-state index in [1.165, 1.54) is 31.4 Å². The van der Waals surface area contributed by atoms with Gasteiger partial charge < -0.3 is 5.32 Å². The van der Waals surface area contributed by atoms with Crippen molar-refractivity contribution in [2.24, 2.45) is 17.8 Å². The number of benzene rings is 1. The highest BCUT2D eigenvalue weighted by Crippen LogP contribution is 2.55. The Balaban J connectivity index is 1.42. The van der Waals surface area contributed by atoms with E-state index in [-0.39, 0.29) is 11.4 Å². The highest BCUT2D eigenvalue weighted by Gasteiger charge is 2.51. The first kappa shape index (κ1) is 16.4. The van der Waals surface area contributed by atoms with Crippen molar-refractivity contribution in [2.75, 3.05) is 0 Å². The number of carbonyl (C=O) groups excluding carboxylic acids is 1.